The van der Waals surface area contributed by atoms with E-state index in [-0.39, 0.29) is 28.7 Å². The number of carbonyl (C=O) groups is 2. The summed E-state index contributed by atoms with van der Waals surface area (Å²) in [6.07, 6.45) is 0.852. The van der Waals surface area contributed by atoms with Crippen LogP contribution in [0.25, 0.3) is 0 Å². The highest BCUT2D eigenvalue weighted by atomic mass is 16.2. The fourth-order valence-electron chi connectivity index (χ4n) is 1.89. The summed E-state index contributed by atoms with van der Waals surface area (Å²) in [4.78, 5) is 25.2. The van der Waals surface area contributed by atoms with Gasteiger partial charge in [0.1, 0.15) is 0 Å². The molecule has 2 amide bonds. The number of nitrogens with zero attached hydrogens (tertiary/aromatic N) is 1. The van der Waals surface area contributed by atoms with Crippen LogP contribution in [0.1, 0.15) is 47.5 Å². The molecule has 0 aromatic carbocycles. The highest BCUT2D eigenvalue weighted by Crippen LogP contribution is 2.32. The third kappa shape index (κ3) is 3.53. The lowest BCUT2D eigenvalue weighted by molar-refractivity contribution is -0.153. The molecule has 1 atom stereocenters. The number of rotatable bonds is 2. The molecule has 0 aromatic rings. The highest BCUT2D eigenvalue weighted by Gasteiger charge is 2.38. The van der Waals surface area contributed by atoms with Crippen molar-refractivity contribution in [2.45, 2.75) is 53.5 Å². The molecule has 17 heavy (non-hydrogen) atoms. The quantitative estimate of drug-likeness (QED) is 0.745. The molecule has 1 rings (SSSR count). The molecule has 0 saturated carbocycles. The Bertz CT molecular complexity index is 309. The van der Waals surface area contributed by atoms with Gasteiger partial charge in [-0.3, -0.25) is 14.5 Å². The number of hydrogen-bond acceptors (Lipinski definition) is 3. The van der Waals surface area contributed by atoms with E-state index in [9.17, 15) is 9.59 Å². The molecule has 1 aliphatic heterocycles. The Balaban J connectivity index is 2.73. The minimum atomic E-state index is -0.212. The first-order valence-electron chi connectivity index (χ1n) is 6.12. The summed E-state index contributed by atoms with van der Waals surface area (Å²) in [6.45, 7) is 10.3. The summed E-state index contributed by atoms with van der Waals surface area (Å²) in [5, 5.41) is 0. The summed E-state index contributed by atoms with van der Waals surface area (Å²) in [5.74, 6) is -0.183. The smallest absolute Gasteiger partial charge is 0.229 e. The first-order valence-corrected chi connectivity index (χ1v) is 6.12. The Kier molecular flexibility index (Phi) is 3.67. The van der Waals surface area contributed by atoms with Gasteiger partial charge in [-0.1, -0.05) is 34.6 Å². The molecular formula is C13H24N2O2. The number of likely N-dealkylation sites (tertiary alicyclic amines) is 1. The number of nitrogens with two attached hydrogens (primary N) is 1. The summed E-state index contributed by atoms with van der Waals surface area (Å²) in [6, 6.07) is -0.184. The topological polar surface area (TPSA) is 63.4 Å². The summed E-state index contributed by atoms with van der Waals surface area (Å²) in [7, 11) is 0. The second-order valence-corrected chi connectivity index (χ2v) is 6.89. The van der Waals surface area contributed by atoms with Crippen LogP contribution < -0.4 is 5.73 Å². The van der Waals surface area contributed by atoms with Crippen molar-refractivity contribution < 1.29 is 9.59 Å². The van der Waals surface area contributed by atoms with E-state index in [0.717, 1.165) is 0 Å². The van der Waals surface area contributed by atoms with Gasteiger partial charge in [-0.2, -0.15) is 0 Å². The molecule has 98 valence electrons. The molecule has 0 aliphatic carbocycles. The lowest BCUT2D eigenvalue weighted by Gasteiger charge is -2.38. The largest absolute Gasteiger partial charge is 0.326 e. The van der Waals surface area contributed by atoms with Crippen molar-refractivity contribution in [2.24, 2.45) is 16.6 Å². The van der Waals surface area contributed by atoms with Crippen LogP contribution in [0.4, 0.5) is 0 Å². The van der Waals surface area contributed by atoms with Crippen LogP contribution in [-0.2, 0) is 9.59 Å². The molecule has 1 saturated heterocycles. The monoisotopic (exact) mass is 240 g/mol. The van der Waals surface area contributed by atoms with E-state index in [1.807, 2.05) is 34.6 Å². The summed E-state index contributed by atoms with van der Waals surface area (Å²) in [5.41, 5.74) is 5.71. The molecule has 1 fully saturated rings. The minimum Gasteiger partial charge on any atom is -0.326 e. The molecule has 4 heteroatoms. The first kappa shape index (κ1) is 14.2. The molecule has 0 unspecified atom stereocenters. The van der Waals surface area contributed by atoms with Crippen molar-refractivity contribution in [3.63, 3.8) is 0 Å². The number of piperidine rings is 1. The van der Waals surface area contributed by atoms with Gasteiger partial charge >= 0.3 is 0 Å². The summed E-state index contributed by atoms with van der Waals surface area (Å²) >= 11 is 0. The van der Waals surface area contributed by atoms with E-state index in [1.165, 1.54) is 4.90 Å². The molecule has 0 aromatic heterocycles. The fraction of sp³-hybridized carbons (Fsp3) is 0.846. The Hall–Kier alpha value is -0.900. The Morgan fingerprint density at radius 1 is 1.24 bits per heavy atom. The standard InChI is InChI=1S/C13H24N2O2/c1-12(2,3)9(14)8-15-10(16)6-13(4,5)7-11(15)17/h9H,6-8,14H2,1-5H3/t9-/m1/s1. The number of amides is 2. The predicted molar refractivity (Wildman–Crippen MR) is 67.2 cm³/mol. The zero-order valence-corrected chi connectivity index (χ0v) is 11.5. The zero-order valence-electron chi connectivity index (χ0n) is 11.5. The molecule has 2 N–H and O–H groups in total. The molecule has 0 bridgehead atoms. The van der Waals surface area contributed by atoms with Crippen molar-refractivity contribution in [3.8, 4) is 0 Å². The maximum atomic E-state index is 11.9. The number of carbonyl (C=O) groups excluding carboxylic acids is 2. The third-order valence-electron chi connectivity index (χ3n) is 3.35. The van der Waals surface area contributed by atoms with E-state index in [1.54, 1.807) is 0 Å². The van der Waals surface area contributed by atoms with Gasteiger partial charge in [-0.05, 0) is 10.8 Å². The van der Waals surface area contributed by atoms with E-state index in [0.29, 0.717) is 19.4 Å². The van der Waals surface area contributed by atoms with Gasteiger partial charge < -0.3 is 5.73 Å². The van der Waals surface area contributed by atoms with E-state index < -0.39 is 0 Å². The van der Waals surface area contributed by atoms with E-state index >= 15 is 0 Å². The molecule has 4 nitrogen and oxygen atoms in total. The average molecular weight is 240 g/mol. The first-order chi connectivity index (χ1) is 7.53. The minimum absolute atomic E-state index is 0.0917. The summed E-state index contributed by atoms with van der Waals surface area (Å²) < 4.78 is 0. The van der Waals surface area contributed by atoms with Crippen LogP contribution >= 0.6 is 0 Å². The second-order valence-electron chi connectivity index (χ2n) is 6.89. The van der Waals surface area contributed by atoms with Crippen molar-refractivity contribution in [1.82, 2.24) is 4.90 Å². The lowest BCUT2D eigenvalue weighted by Crippen LogP contribution is -2.53. The molecule has 1 heterocycles. The normalized spacial score (nSPS) is 22.8. The van der Waals surface area contributed by atoms with E-state index in [2.05, 4.69) is 0 Å². The number of hydrogen-bond donors (Lipinski definition) is 1. The molecular weight excluding hydrogens is 216 g/mol. The van der Waals surface area contributed by atoms with Crippen LogP contribution in [0, 0.1) is 10.8 Å². The Labute approximate surface area is 104 Å². The van der Waals surface area contributed by atoms with Crippen LogP contribution in [0.2, 0.25) is 0 Å². The average Bonchev–Trinajstić information content (AvgIpc) is 2.07. The van der Waals surface area contributed by atoms with E-state index in [4.69, 9.17) is 5.73 Å². The van der Waals surface area contributed by atoms with Gasteiger partial charge in [0, 0.05) is 25.4 Å². The number of imide groups is 1. The van der Waals surface area contributed by atoms with Gasteiger partial charge in [0.2, 0.25) is 11.8 Å². The second kappa shape index (κ2) is 4.41. The van der Waals surface area contributed by atoms with Crippen molar-refractivity contribution in [2.75, 3.05) is 6.54 Å². The van der Waals surface area contributed by atoms with Gasteiger partial charge in [0.05, 0.1) is 0 Å². The van der Waals surface area contributed by atoms with Crippen LogP contribution in [0.15, 0.2) is 0 Å². The fourth-order valence-corrected chi connectivity index (χ4v) is 1.89. The third-order valence-corrected chi connectivity index (χ3v) is 3.35. The molecule has 0 radical (unpaired) electrons. The van der Waals surface area contributed by atoms with Crippen molar-refractivity contribution in [3.05, 3.63) is 0 Å². The van der Waals surface area contributed by atoms with Crippen LogP contribution in [0.5, 0.6) is 0 Å². The predicted octanol–water partition coefficient (Wildman–Crippen LogP) is 1.53. The zero-order chi connectivity index (χ0) is 13.4. The Morgan fingerprint density at radius 3 is 2.00 bits per heavy atom. The molecule has 0 spiro atoms. The van der Waals surface area contributed by atoms with Crippen molar-refractivity contribution in [1.29, 1.82) is 0 Å². The SMILES string of the molecule is CC1(C)CC(=O)N(C[C@@H](N)C(C)(C)C)C(=O)C1. The van der Waals surface area contributed by atoms with Gasteiger partial charge in [0.15, 0.2) is 0 Å². The maximum absolute atomic E-state index is 11.9. The highest BCUT2D eigenvalue weighted by molar-refractivity contribution is 5.98. The van der Waals surface area contributed by atoms with Gasteiger partial charge in [-0.15, -0.1) is 0 Å². The van der Waals surface area contributed by atoms with Gasteiger partial charge in [-0.25, -0.2) is 0 Å². The van der Waals surface area contributed by atoms with Gasteiger partial charge in [0.25, 0.3) is 0 Å². The van der Waals surface area contributed by atoms with Crippen molar-refractivity contribution >= 4 is 11.8 Å². The van der Waals surface area contributed by atoms with Crippen LogP contribution in [0.3, 0.4) is 0 Å². The Morgan fingerprint density at radius 2 is 1.65 bits per heavy atom. The lowest BCUT2D eigenvalue weighted by atomic mass is 9.80. The van der Waals surface area contributed by atoms with Crippen LogP contribution in [-0.4, -0.2) is 29.3 Å². The molecule has 1 aliphatic rings. The maximum Gasteiger partial charge on any atom is 0.229 e.